The summed E-state index contributed by atoms with van der Waals surface area (Å²) < 4.78 is 0. The van der Waals surface area contributed by atoms with Crippen LogP contribution in [0.1, 0.15) is 112 Å². The van der Waals surface area contributed by atoms with Crippen LogP contribution >= 0.6 is 11.9 Å². The number of piperazine rings is 1. The van der Waals surface area contributed by atoms with Crippen molar-refractivity contribution >= 4 is 52.8 Å². The molecule has 1 unspecified atom stereocenters. The lowest BCUT2D eigenvalue weighted by atomic mass is 9.89. The van der Waals surface area contributed by atoms with Crippen LogP contribution in [0.2, 0.25) is 0 Å². The first-order chi connectivity index (χ1) is 27.2. The standard InChI is InChI=1S/C22H31N3O2.C15H15N5OS.C6H12O/c26-21-10-9-20(22(27)23-21)18-7-4-8-19(15-18)25-13-11-24(12-14-25)16-17-5-2-1-3-6-17;1-8-6-9(22-16)2-3-11(8)18-14-17-7-10-12(20-14)19-13(21)15(10)4-5-15;7-6-4-2-1-3-5-6/h4,7-8,15,17,20H,1-3,5-6,9-14,16H2,(H,23,26,27);2-3,6-7H,4-5,16H2,1H3,(H2,17,18,19,20,21);6-7H,1-5H2. The first-order valence-corrected chi connectivity index (χ1v) is 21.6. The van der Waals surface area contributed by atoms with Crippen LogP contribution < -0.4 is 26.0 Å². The van der Waals surface area contributed by atoms with E-state index >= 15 is 0 Å². The first-order valence-electron chi connectivity index (χ1n) is 20.7. The fourth-order valence-corrected chi connectivity index (χ4v) is 9.17. The highest BCUT2D eigenvalue weighted by Gasteiger charge is 2.57. The van der Waals surface area contributed by atoms with Crippen molar-refractivity contribution in [3.63, 3.8) is 0 Å². The largest absolute Gasteiger partial charge is 0.393 e. The molecule has 0 bridgehead atoms. The average molecular weight is 783 g/mol. The summed E-state index contributed by atoms with van der Waals surface area (Å²) in [5.41, 5.74) is 4.79. The van der Waals surface area contributed by atoms with E-state index in [1.54, 1.807) is 6.20 Å². The Labute approximate surface area is 335 Å². The van der Waals surface area contributed by atoms with Gasteiger partial charge in [0.15, 0.2) is 0 Å². The number of fused-ring (bicyclic) bond motifs is 2. The second-order valence-electron chi connectivity index (χ2n) is 16.4. The van der Waals surface area contributed by atoms with Gasteiger partial charge in [0.2, 0.25) is 23.7 Å². The number of amides is 3. The molecule has 1 atom stereocenters. The van der Waals surface area contributed by atoms with E-state index in [2.05, 4.69) is 47.9 Å². The average Bonchev–Trinajstić information content (AvgIpc) is 3.98. The Kier molecular flexibility index (Phi) is 13.3. The number of nitrogens with zero attached hydrogens (tertiary/aromatic N) is 4. The van der Waals surface area contributed by atoms with Crippen LogP contribution in [0.15, 0.2) is 53.6 Å². The molecule has 56 heavy (non-hydrogen) atoms. The summed E-state index contributed by atoms with van der Waals surface area (Å²) in [4.78, 5) is 50.4. The van der Waals surface area contributed by atoms with E-state index in [-0.39, 0.29) is 35.2 Å². The van der Waals surface area contributed by atoms with Gasteiger partial charge in [-0.1, -0.05) is 50.7 Å². The monoisotopic (exact) mass is 782 g/mol. The molecule has 9 rings (SSSR count). The molecule has 2 saturated heterocycles. The van der Waals surface area contributed by atoms with Gasteiger partial charge in [-0.05, 0) is 111 Å². The molecule has 2 aromatic carbocycles. The van der Waals surface area contributed by atoms with E-state index in [0.717, 1.165) is 85.1 Å². The number of aliphatic hydroxyl groups excluding tert-OH is 1. The smallest absolute Gasteiger partial charge is 0.236 e. The Balaban J connectivity index is 0.000000148. The lowest BCUT2D eigenvalue weighted by Crippen LogP contribution is -2.48. The van der Waals surface area contributed by atoms with Gasteiger partial charge < -0.3 is 20.6 Å². The number of carbonyl (C=O) groups excluding carboxylic acids is 3. The zero-order valence-corrected chi connectivity index (χ0v) is 33.5. The summed E-state index contributed by atoms with van der Waals surface area (Å²) in [6, 6.07) is 14.2. The third-order valence-electron chi connectivity index (χ3n) is 12.4. The van der Waals surface area contributed by atoms with E-state index in [1.807, 2.05) is 37.3 Å². The summed E-state index contributed by atoms with van der Waals surface area (Å²) in [5, 5.41) is 23.0. The number of anilines is 4. The van der Waals surface area contributed by atoms with Crippen LogP contribution in [0.25, 0.3) is 0 Å². The number of aliphatic hydroxyl groups is 1. The maximum atomic E-state index is 12.2. The van der Waals surface area contributed by atoms with Crippen LogP contribution in [0.5, 0.6) is 0 Å². The van der Waals surface area contributed by atoms with Gasteiger partial charge in [0.1, 0.15) is 5.82 Å². The number of hydrogen-bond donors (Lipinski definition) is 5. The molecule has 6 aliphatic rings. The minimum atomic E-state index is -0.343. The van der Waals surface area contributed by atoms with Crippen molar-refractivity contribution in [1.29, 1.82) is 0 Å². The third-order valence-corrected chi connectivity index (χ3v) is 12.9. The summed E-state index contributed by atoms with van der Waals surface area (Å²) in [6.45, 7) is 7.61. The number of aryl methyl sites for hydroxylation is 1. The Bertz CT molecular complexity index is 1850. The lowest BCUT2D eigenvalue weighted by molar-refractivity contribution is -0.134. The molecule has 3 aliphatic heterocycles. The van der Waals surface area contributed by atoms with Crippen molar-refractivity contribution in [2.75, 3.05) is 48.3 Å². The number of nitrogens with two attached hydrogens (primary N) is 1. The van der Waals surface area contributed by atoms with Crippen LogP contribution in [0.4, 0.5) is 23.1 Å². The van der Waals surface area contributed by atoms with Gasteiger partial charge in [-0.2, -0.15) is 4.98 Å². The van der Waals surface area contributed by atoms with Gasteiger partial charge >= 0.3 is 0 Å². The van der Waals surface area contributed by atoms with Gasteiger partial charge in [-0.25, -0.2) is 4.98 Å². The Morgan fingerprint density at radius 3 is 2.29 bits per heavy atom. The maximum Gasteiger partial charge on any atom is 0.236 e. The fraction of sp³-hybridized carbons (Fsp3) is 0.558. The summed E-state index contributed by atoms with van der Waals surface area (Å²) >= 11 is 1.21. The predicted octanol–water partition coefficient (Wildman–Crippen LogP) is 6.70. The quantitative estimate of drug-likeness (QED) is 0.128. The molecule has 3 aliphatic carbocycles. The normalized spacial score (nSPS) is 22.2. The van der Waals surface area contributed by atoms with E-state index in [1.165, 1.54) is 75.5 Å². The van der Waals surface area contributed by atoms with Gasteiger partial charge in [-0.3, -0.25) is 29.7 Å². The number of piperidine rings is 1. The van der Waals surface area contributed by atoms with E-state index < -0.39 is 0 Å². The van der Waals surface area contributed by atoms with Crippen LogP contribution in [0, 0.1) is 12.8 Å². The molecule has 1 aromatic heterocycles. The molecular formula is C43H58N8O4S. The van der Waals surface area contributed by atoms with Crippen molar-refractivity contribution in [2.24, 2.45) is 11.1 Å². The van der Waals surface area contributed by atoms with E-state index in [9.17, 15) is 14.4 Å². The molecule has 0 radical (unpaired) electrons. The predicted molar refractivity (Wildman–Crippen MR) is 222 cm³/mol. The van der Waals surface area contributed by atoms with Gasteiger partial charge in [-0.15, -0.1) is 0 Å². The third kappa shape index (κ3) is 9.90. The number of carbonyl (C=O) groups is 3. The topological polar surface area (TPSA) is 166 Å². The zero-order valence-electron chi connectivity index (χ0n) is 32.7. The van der Waals surface area contributed by atoms with E-state index in [4.69, 9.17) is 10.2 Å². The highest BCUT2D eigenvalue weighted by Crippen LogP contribution is 2.54. The molecule has 13 heteroatoms. The number of rotatable bonds is 7. The zero-order chi connectivity index (χ0) is 39.1. The van der Waals surface area contributed by atoms with Crippen LogP contribution in [-0.2, 0) is 19.8 Å². The van der Waals surface area contributed by atoms with Crippen molar-refractivity contribution < 1.29 is 19.5 Å². The molecule has 1 spiro atoms. The van der Waals surface area contributed by atoms with Gasteiger partial charge in [0.25, 0.3) is 0 Å². The summed E-state index contributed by atoms with van der Waals surface area (Å²) in [6.07, 6.45) is 17.6. The second kappa shape index (κ2) is 18.5. The highest BCUT2D eigenvalue weighted by atomic mass is 32.2. The van der Waals surface area contributed by atoms with Gasteiger partial charge in [0.05, 0.1) is 17.4 Å². The lowest BCUT2D eigenvalue weighted by Gasteiger charge is -2.38. The first kappa shape index (κ1) is 40.2. The van der Waals surface area contributed by atoms with Crippen molar-refractivity contribution in [2.45, 2.75) is 119 Å². The molecule has 12 nitrogen and oxygen atoms in total. The number of nitrogens with one attached hydrogen (secondary N) is 3. The minimum absolute atomic E-state index is 0.0359. The molecule has 5 fully saturated rings. The SMILES string of the molecule is Cc1cc(SN)ccc1Nc1ncc2c(n1)NC(=O)C21CC1.O=C1CCC(c2cccc(N3CCN(CC4CCCCC4)CC3)c2)C(=O)N1.OC1CCCCC1. The molecule has 3 amide bonds. The minimum Gasteiger partial charge on any atom is -0.393 e. The molecule has 4 heterocycles. The molecule has 300 valence electrons. The number of hydrogen-bond acceptors (Lipinski definition) is 11. The van der Waals surface area contributed by atoms with E-state index in [0.29, 0.717) is 24.6 Å². The Morgan fingerprint density at radius 1 is 0.911 bits per heavy atom. The highest BCUT2D eigenvalue weighted by molar-refractivity contribution is 7.97. The van der Waals surface area contributed by atoms with Crippen LogP contribution in [-0.4, -0.2) is 76.5 Å². The summed E-state index contributed by atoms with van der Waals surface area (Å²) in [5.74, 6) is 1.56. The second-order valence-corrected chi connectivity index (χ2v) is 17.1. The number of benzene rings is 2. The Hall–Kier alpha value is -4.04. The van der Waals surface area contributed by atoms with Gasteiger partial charge in [0, 0.05) is 67.2 Å². The van der Waals surface area contributed by atoms with Crippen molar-refractivity contribution in [1.82, 2.24) is 20.2 Å². The summed E-state index contributed by atoms with van der Waals surface area (Å²) in [7, 11) is 0. The van der Waals surface area contributed by atoms with Crippen LogP contribution in [0.3, 0.4) is 0 Å². The fourth-order valence-electron chi connectivity index (χ4n) is 8.78. The molecular weight excluding hydrogens is 725 g/mol. The van der Waals surface area contributed by atoms with Crippen molar-refractivity contribution in [3.05, 3.63) is 65.4 Å². The molecule has 3 aromatic rings. The number of imide groups is 1. The molecule has 6 N–H and O–H groups in total. The Morgan fingerprint density at radius 2 is 1.64 bits per heavy atom. The number of aromatic nitrogens is 2. The van der Waals surface area contributed by atoms with Crippen molar-refractivity contribution in [3.8, 4) is 0 Å². The molecule has 3 saturated carbocycles. The maximum absolute atomic E-state index is 12.2.